The largest absolute Gasteiger partial charge is 0.375 e. The van der Waals surface area contributed by atoms with Gasteiger partial charge in [-0.05, 0) is 43.3 Å². The molecule has 2 saturated heterocycles. The molecule has 0 amide bonds. The van der Waals surface area contributed by atoms with Gasteiger partial charge in [-0.15, -0.1) is 0 Å². The molecule has 1 spiro atoms. The summed E-state index contributed by atoms with van der Waals surface area (Å²) in [5, 5.41) is 4.10. The number of carbonyl (C=O) groups excluding carboxylic acids is 1. The van der Waals surface area contributed by atoms with E-state index in [2.05, 4.69) is 5.10 Å². The third-order valence-electron chi connectivity index (χ3n) is 4.34. The van der Waals surface area contributed by atoms with Crippen molar-refractivity contribution in [3.8, 4) is 0 Å². The topological polar surface area (TPSA) is 44.1 Å². The molecule has 0 aliphatic carbocycles. The van der Waals surface area contributed by atoms with Crippen LogP contribution in [-0.2, 0) is 11.8 Å². The van der Waals surface area contributed by atoms with Gasteiger partial charge >= 0.3 is 0 Å². The Hall–Kier alpha value is -0.810. The fourth-order valence-electron chi connectivity index (χ4n) is 3.17. The molecule has 4 nitrogen and oxygen atoms in total. The molecule has 0 saturated carbocycles. The molecule has 1 unspecified atom stereocenters. The maximum absolute atomic E-state index is 12.6. The predicted octanol–water partition coefficient (Wildman–Crippen LogP) is 2.30. The van der Waals surface area contributed by atoms with Gasteiger partial charge in [0.25, 0.3) is 0 Å². The number of Topliss-reactive ketones (excluding diaryl/α,β-unsaturated/α-hetero) is 1. The van der Waals surface area contributed by atoms with Gasteiger partial charge in [-0.1, -0.05) is 0 Å². The zero-order valence-electron chi connectivity index (χ0n) is 11.3. The Kier molecular flexibility index (Phi) is 3.67. The molecule has 5 heteroatoms. The Labute approximate surface area is 117 Å². The second-order valence-electron chi connectivity index (χ2n) is 5.54. The normalized spacial score (nSPS) is 26.5. The first-order valence-electron chi connectivity index (χ1n) is 6.94. The Morgan fingerprint density at radius 3 is 3.00 bits per heavy atom. The van der Waals surface area contributed by atoms with Crippen molar-refractivity contribution in [1.82, 2.24) is 9.78 Å². The summed E-state index contributed by atoms with van der Waals surface area (Å²) in [6.45, 7) is 0.721. The van der Waals surface area contributed by atoms with Crippen molar-refractivity contribution in [2.75, 3.05) is 18.1 Å². The number of aryl methyl sites for hydroxylation is 1. The lowest BCUT2D eigenvalue weighted by Crippen LogP contribution is -2.44. The number of nitrogens with zero attached hydrogens (tertiary/aromatic N) is 2. The summed E-state index contributed by atoms with van der Waals surface area (Å²) in [7, 11) is 1.83. The molecule has 1 aromatic heterocycles. The summed E-state index contributed by atoms with van der Waals surface area (Å²) in [6.07, 6.45) is 5.61. The van der Waals surface area contributed by atoms with Crippen LogP contribution >= 0.6 is 11.8 Å². The van der Waals surface area contributed by atoms with Crippen molar-refractivity contribution in [2.45, 2.75) is 31.3 Å². The monoisotopic (exact) mass is 280 g/mol. The lowest BCUT2D eigenvalue weighted by Gasteiger charge is -2.42. The molecule has 2 aliphatic rings. The highest BCUT2D eigenvalue weighted by atomic mass is 32.2. The van der Waals surface area contributed by atoms with Gasteiger partial charge in [0.1, 0.15) is 5.69 Å². The average molecular weight is 280 g/mol. The fraction of sp³-hybridized carbons (Fsp3) is 0.714. The third-order valence-corrected chi connectivity index (χ3v) is 5.33. The van der Waals surface area contributed by atoms with Crippen molar-refractivity contribution in [3.05, 3.63) is 18.0 Å². The van der Waals surface area contributed by atoms with E-state index in [9.17, 15) is 4.79 Å². The van der Waals surface area contributed by atoms with Gasteiger partial charge in [0.05, 0.1) is 5.60 Å². The third kappa shape index (κ3) is 2.58. The molecule has 1 atom stereocenters. The van der Waals surface area contributed by atoms with E-state index in [0.29, 0.717) is 0 Å². The van der Waals surface area contributed by atoms with Crippen molar-refractivity contribution in [2.24, 2.45) is 13.0 Å². The summed E-state index contributed by atoms with van der Waals surface area (Å²) in [5.74, 6) is 2.66. The van der Waals surface area contributed by atoms with Crippen LogP contribution < -0.4 is 0 Å². The quantitative estimate of drug-likeness (QED) is 0.780. The van der Waals surface area contributed by atoms with Gasteiger partial charge < -0.3 is 4.74 Å². The molecule has 0 radical (unpaired) electrons. The van der Waals surface area contributed by atoms with E-state index in [-0.39, 0.29) is 17.3 Å². The maximum atomic E-state index is 12.6. The van der Waals surface area contributed by atoms with Crippen LogP contribution in [-0.4, -0.2) is 39.3 Å². The number of aromatic nitrogens is 2. The molecule has 0 bridgehead atoms. The van der Waals surface area contributed by atoms with Crippen LogP contribution in [0.3, 0.4) is 0 Å². The minimum Gasteiger partial charge on any atom is -0.375 e. The number of ketones is 1. The summed E-state index contributed by atoms with van der Waals surface area (Å²) in [4.78, 5) is 12.6. The minimum atomic E-state index is -0.0254. The molecular weight excluding hydrogens is 260 g/mol. The van der Waals surface area contributed by atoms with Gasteiger partial charge in [-0.3, -0.25) is 9.48 Å². The van der Waals surface area contributed by atoms with Crippen LogP contribution in [0.15, 0.2) is 12.3 Å². The summed E-state index contributed by atoms with van der Waals surface area (Å²) in [5.41, 5.74) is 0.704. The van der Waals surface area contributed by atoms with Gasteiger partial charge in [-0.2, -0.15) is 16.9 Å². The van der Waals surface area contributed by atoms with E-state index in [1.165, 1.54) is 0 Å². The van der Waals surface area contributed by atoms with E-state index in [0.717, 1.165) is 49.5 Å². The van der Waals surface area contributed by atoms with E-state index in [1.807, 2.05) is 24.9 Å². The van der Waals surface area contributed by atoms with E-state index >= 15 is 0 Å². The summed E-state index contributed by atoms with van der Waals surface area (Å²) in [6, 6.07) is 1.82. The average Bonchev–Trinajstić information content (AvgIpc) is 2.85. The second-order valence-corrected chi connectivity index (χ2v) is 6.76. The van der Waals surface area contributed by atoms with E-state index in [4.69, 9.17) is 4.74 Å². The molecule has 104 valence electrons. The number of hydrogen-bond donors (Lipinski definition) is 0. The second kappa shape index (κ2) is 5.29. The Morgan fingerprint density at radius 1 is 1.53 bits per heavy atom. The molecule has 2 aliphatic heterocycles. The van der Waals surface area contributed by atoms with Crippen molar-refractivity contribution >= 4 is 17.5 Å². The highest BCUT2D eigenvalue weighted by molar-refractivity contribution is 7.99. The van der Waals surface area contributed by atoms with Crippen LogP contribution in [0.4, 0.5) is 0 Å². The SMILES string of the molecule is Cn1nccc1C(=O)C1CCOC2(CCSCC2)C1. The lowest BCUT2D eigenvalue weighted by atomic mass is 9.79. The van der Waals surface area contributed by atoms with Gasteiger partial charge in [0.2, 0.25) is 0 Å². The first kappa shape index (κ1) is 13.2. The number of hydrogen-bond acceptors (Lipinski definition) is 4. The Morgan fingerprint density at radius 2 is 2.32 bits per heavy atom. The molecule has 0 aromatic carbocycles. The van der Waals surface area contributed by atoms with Crippen LogP contribution in [0.5, 0.6) is 0 Å². The number of ether oxygens (including phenoxy) is 1. The van der Waals surface area contributed by atoms with Gasteiger partial charge in [-0.25, -0.2) is 0 Å². The Balaban J connectivity index is 1.74. The molecule has 1 aromatic rings. The molecule has 3 heterocycles. The minimum absolute atomic E-state index is 0.0254. The lowest BCUT2D eigenvalue weighted by molar-refractivity contribution is -0.0960. The van der Waals surface area contributed by atoms with Crippen LogP contribution in [0.1, 0.15) is 36.2 Å². The maximum Gasteiger partial charge on any atom is 0.184 e. The van der Waals surface area contributed by atoms with Gasteiger partial charge in [0.15, 0.2) is 5.78 Å². The van der Waals surface area contributed by atoms with Crippen LogP contribution in [0.25, 0.3) is 0 Å². The smallest absolute Gasteiger partial charge is 0.184 e. The molecule has 2 fully saturated rings. The number of carbonyl (C=O) groups is 1. The zero-order chi connectivity index (χ0) is 13.3. The molecular formula is C14H20N2O2S. The highest BCUT2D eigenvalue weighted by Crippen LogP contribution is 2.40. The molecule has 19 heavy (non-hydrogen) atoms. The van der Waals surface area contributed by atoms with Crippen molar-refractivity contribution < 1.29 is 9.53 Å². The number of rotatable bonds is 2. The predicted molar refractivity (Wildman–Crippen MR) is 75.5 cm³/mol. The summed E-state index contributed by atoms with van der Waals surface area (Å²) >= 11 is 1.99. The van der Waals surface area contributed by atoms with Crippen molar-refractivity contribution in [1.29, 1.82) is 0 Å². The fourth-order valence-corrected chi connectivity index (χ4v) is 4.40. The zero-order valence-corrected chi connectivity index (χ0v) is 12.1. The van der Waals surface area contributed by atoms with Crippen molar-refractivity contribution in [3.63, 3.8) is 0 Å². The Bertz CT molecular complexity index is 460. The highest BCUT2D eigenvalue weighted by Gasteiger charge is 2.41. The van der Waals surface area contributed by atoms with Crippen LogP contribution in [0.2, 0.25) is 0 Å². The van der Waals surface area contributed by atoms with E-state index < -0.39 is 0 Å². The standard InChI is InChI=1S/C14H20N2O2S/c1-16-12(2-6-15-16)13(17)11-3-7-18-14(10-11)4-8-19-9-5-14/h2,6,11H,3-5,7-10H2,1H3. The molecule has 0 N–H and O–H groups in total. The van der Waals surface area contributed by atoms with E-state index in [1.54, 1.807) is 10.9 Å². The number of thioether (sulfide) groups is 1. The molecule has 3 rings (SSSR count). The summed E-state index contributed by atoms with van der Waals surface area (Å²) < 4.78 is 7.73. The first-order chi connectivity index (χ1) is 9.20. The van der Waals surface area contributed by atoms with Crippen LogP contribution in [0, 0.1) is 5.92 Å². The first-order valence-corrected chi connectivity index (χ1v) is 8.10. The van der Waals surface area contributed by atoms with Gasteiger partial charge in [0, 0.05) is 25.8 Å².